The Bertz CT molecular complexity index is 2110. The minimum Gasteiger partial charge on any atom is -0.489 e. The van der Waals surface area contributed by atoms with Crippen molar-refractivity contribution in [3.63, 3.8) is 0 Å². The number of hydrogen-bond acceptors (Lipinski definition) is 18. The van der Waals surface area contributed by atoms with Crippen LogP contribution in [0.4, 0.5) is 0 Å². The number of carbonyl (C=O) groups is 5. The third-order valence-corrected chi connectivity index (χ3v) is 15.0. The highest BCUT2D eigenvalue weighted by Gasteiger charge is 2.56. The van der Waals surface area contributed by atoms with Gasteiger partial charge in [0.25, 0.3) is 0 Å². The first-order valence-corrected chi connectivity index (χ1v) is 26.9. The number of para-hydroxylation sites is 1. The molecule has 0 amide bonds. The van der Waals surface area contributed by atoms with Gasteiger partial charge in [-0.25, -0.2) is 0 Å². The van der Waals surface area contributed by atoms with Crippen molar-refractivity contribution in [2.45, 2.75) is 199 Å². The van der Waals surface area contributed by atoms with Gasteiger partial charge >= 0.3 is 23.9 Å². The summed E-state index contributed by atoms with van der Waals surface area (Å²) in [5.41, 5.74) is 0.798. The summed E-state index contributed by atoms with van der Waals surface area (Å²) >= 11 is 0. The Balaban J connectivity index is 1.45. The molecule has 3 heterocycles. The van der Waals surface area contributed by atoms with E-state index in [0.29, 0.717) is 32.7 Å². The smallest absolute Gasteiger partial charge is 0.309 e. The second kappa shape index (κ2) is 29.3. The lowest BCUT2D eigenvalue weighted by Gasteiger charge is -2.53. The SMILES string of the molecule is CCC(=O)O[C@@H]1CC(=O)O[C@H](C)CCN(CCCc2ccccc2OCc2ccccc2)C[C@H](O)[C@H](C)C[C@H](CC=O)[C@H]([C@@H]2O[C@H](C)[C@@H](O[C@H]3C[C@@](C)(OC(C)=O)[C@@H](OC(=O)CC)[C@H](C)O3)[C@H](N(C)C)[C@H]2O)[C@@H]1OC. The fourth-order valence-corrected chi connectivity index (χ4v) is 11.2. The molecule has 18 nitrogen and oxygen atoms in total. The number of ether oxygens (including phenoxy) is 9. The van der Waals surface area contributed by atoms with E-state index in [9.17, 15) is 34.2 Å². The number of nitrogens with zero attached hydrogens (tertiary/aromatic N) is 2. The van der Waals surface area contributed by atoms with Gasteiger partial charge in [-0.2, -0.15) is 0 Å². The Kier molecular flexibility index (Phi) is 23.9. The van der Waals surface area contributed by atoms with Crippen LogP contribution in [0.25, 0.3) is 0 Å². The summed E-state index contributed by atoms with van der Waals surface area (Å²) < 4.78 is 56.1. The number of cyclic esters (lactones) is 1. The first-order valence-electron chi connectivity index (χ1n) is 26.9. The van der Waals surface area contributed by atoms with Crippen LogP contribution in [0.2, 0.25) is 0 Å². The quantitative estimate of drug-likeness (QED) is 0.0936. The van der Waals surface area contributed by atoms with E-state index in [1.807, 2.05) is 55.5 Å². The third kappa shape index (κ3) is 17.2. The molecule has 2 aromatic rings. The summed E-state index contributed by atoms with van der Waals surface area (Å²) in [7, 11) is 4.99. The van der Waals surface area contributed by atoms with Crippen molar-refractivity contribution in [2.75, 3.05) is 40.8 Å². The van der Waals surface area contributed by atoms with Gasteiger partial charge in [-0.05, 0) is 103 Å². The van der Waals surface area contributed by atoms with Crippen molar-refractivity contribution in [2.24, 2.45) is 17.8 Å². The summed E-state index contributed by atoms with van der Waals surface area (Å²) in [5, 5.41) is 25.0. The Hall–Kier alpha value is -4.53. The lowest BCUT2D eigenvalue weighted by molar-refractivity contribution is -0.319. The molecule has 3 fully saturated rings. The van der Waals surface area contributed by atoms with E-state index in [2.05, 4.69) is 11.0 Å². The van der Waals surface area contributed by atoms with Gasteiger partial charge in [-0.15, -0.1) is 0 Å². The van der Waals surface area contributed by atoms with E-state index >= 15 is 0 Å². The first kappa shape index (κ1) is 61.3. The van der Waals surface area contributed by atoms with E-state index in [1.54, 1.807) is 60.5 Å². The third-order valence-electron chi connectivity index (χ3n) is 15.0. The number of aliphatic hydroxyl groups is 2. The van der Waals surface area contributed by atoms with Crippen LogP contribution in [0.3, 0.4) is 0 Å². The molecule has 0 radical (unpaired) electrons. The molecule has 0 unspecified atom stereocenters. The van der Waals surface area contributed by atoms with Crippen molar-refractivity contribution in [3.05, 3.63) is 65.7 Å². The van der Waals surface area contributed by atoms with Crippen LogP contribution in [0.1, 0.15) is 118 Å². The standard InChI is InChI=1S/C57H86N2O16/c1-12-46(63)72-45-31-48(65)69-36(4)25-28-59(27-19-23-41-22-17-18-24-44(41)68-34-40-20-15-14-16-21-40)33-43(62)35(3)30-42(26-29-60)50(54(45)67-11)55-52(66)51(58(9)10)53(37(5)71-55)74-49-32-57(8,75-39(7)61)56(38(6)70-49)73-47(64)13-2/h14-18,20-22,24,29,35-38,42-43,45,49-56,62,66H,12-13,19,23,25-28,30-34H2,1-11H3/t35-,36-,37-,38+,42+,43+,45-,49+,50+,51-,52-,53-,54-,55+,56+,57-/m1/s1. The number of aliphatic hydroxyl groups excluding tert-OH is 2. The molecule has 75 heavy (non-hydrogen) atoms. The molecule has 16 atom stereocenters. The molecule has 2 N–H and O–H groups in total. The Labute approximate surface area is 444 Å². The van der Waals surface area contributed by atoms with E-state index in [-0.39, 0.29) is 38.5 Å². The zero-order valence-electron chi connectivity index (χ0n) is 46.1. The van der Waals surface area contributed by atoms with Crippen molar-refractivity contribution in [1.29, 1.82) is 0 Å². The molecule has 0 spiro atoms. The number of aryl methyl sites for hydroxylation is 1. The van der Waals surface area contributed by atoms with Crippen LogP contribution in [-0.4, -0.2) is 170 Å². The molecule has 5 rings (SSSR count). The Morgan fingerprint density at radius 3 is 2.25 bits per heavy atom. The fraction of sp³-hybridized carbons (Fsp3) is 0.702. The highest BCUT2D eigenvalue weighted by molar-refractivity contribution is 5.73. The first-order chi connectivity index (χ1) is 35.7. The van der Waals surface area contributed by atoms with Crippen LogP contribution in [0, 0.1) is 17.8 Å². The number of carbonyl (C=O) groups excluding carboxylic acids is 5. The number of aldehydes is 1. The number of esters is 4. The Morgan fingerprint density at radius 2 is 1.60 bits per heavy atom. The lowest BCUT2D eigenvalue weighted by atomic mass is 9.71. The predicted octanol–water partition coefficient (Wildman–Crippen LogP) is 6.01. The summed E-state index contributed by atoms with van der Waals surface area (Å²) in [4.78, 5) is 69.1. The lowest BCUT2D eigenvalue weighted by Crippen LogP contribution is -2.67. The number of likely N-dealkylation sites (N-methyl/N-ethyl adjacent to an activating group) is 1. The molecular weight excluding hydrogens is 969 g/mol. The van der Waals surface area contributed by atoms with Gasteiger partial charge in [0.1, 0.15) is 43.1 Å². The molecule has 18 heteroatoms. The minimum atomic E-state index is -1.36. The topological polar surface area (TPSA) is 215 Å². The molecule has 3 saturated heterocycles. The summed E-state index contributed by atoms with van der Waals surface area (Å²) in [6.07, 6.45) is -8.02. The average Bonchev–Trinajstić information content (AvgIpc) is 3.36. The molecule has 0 bridgehead atoms. The predicted molar refractivity (Wildman–Crippen MR) is 277 cm³/mol. The van der Waals surface area contributed by atoms with Crippen LogP contribution in [0.15, 0.2) is 54.6 Å². The zero-order chi connectivity index (χ0) is 55.0. The second-order valence-electron chi connectivity index (χ2n) is 21.2. The van der Waals surface area contributed by atoms with E-state index < -0.39 is 121 Å². The maximum Gasteiger partial charge on any atom is 0.309 e. The maximum absolute atomic E-state index is 14.0. The number of methoxy groups -OCH3 is 1. The Morgan fingerprint density at radius 1 is 0.920 bits per heavy atom. The van der Waals surface area contributed by atoms with Crippen molar-refractivity contribution >= 4 is 30.2 Å². The van der Waals surface area contributed by atoms with Gasteiger partial charge in [0.2, 0.25) is 0 Å². The monoisotopic (exact) mass is 1050 g/mol. The minimum absolute atomic E-state index is 0.00632. The second-order valence-corrected chi connectivity index (χ2v) is 21.2. The van der Waals surface area contributed by atoms with E-state index in [1.165, 1.54) is 14.0 Å². The highest BCUT2D eigenvalue weighted by atomic mass is 16.7. The molecule has 2 aromatic carbocycles. The zero-order valence-corrected chi connectivity index (χ0v) is 46.1. The normalized spacial score (nSPS) is 33.5. The average molecular weight is 1060 g/mol. The molecule has 0 saturated carbocycles. The maximum atomic E-state index is 14.0. The van der Waals surface area contributed by atoms with E-state index in [0.717, 1.165) is 36.0 Å². The number of β-amino-alcohol motifs (C(OH)–C–C–N with tert-alkyl or cyclic N) is 1. The van der Waals surface area contributed by atoms with Gasteiger partial charge < -0.3 is 67.4 Å². The number of hydrogen-bond donors (Lipinski definition) is 2. The fourth-order valence-electron chi connectivity index (χ4n) is 11.2. The van der Waals surface area contributed by atoms with Crippen LogP contribution < -0.4 is 4.74 Å². The molecule has 0 aromatic heterocycles. The van der Waals surface area contributed by atoms with Crippen molar-refractivity contribution in [1.82, 2.24) is 9.80 Å². The summed E-state index contributed by atoms with van der Waals surface area (Å²) in [6, 6.07) is 17.2. The van der Waals surface area contributed by atoms with Crippen molar-refractivity contribution < 1.29 is 76.8 Å². The molecule has 0 aliphatic carbocycles. The van der Waals surface area contributed by atoms with E-state index in [4.69, 9.17) is 42.6 Å². The van der Waals surface area contributed by atoms with Gasteiger partial charge in [0, 0.05) is 58.7 Å². The summed E-state index contributed by atoms with van der Waals surface area (Å²) in [5.74, 6) is -3.46. The highest BCUT2D eigenvalue weighted by Crippen LogP contribution is 2.43. The number of benzene rings is 2. The van der Waals surface area contributed by atoms with Crippen LogP contribution in [-0.2, 0) is 74.9 Å². The van der Waals surface area contributed by atoms with Gasteiger partial charge in [-0.3, -0.25) is 19.2 Å². The van der Waals surface area contributed by atoms with Crippen LogP contribution >= 0.6 is 0 Å². The molecular formula is C57H86N2O16. The molecule has 420 valence electrons. The molecule has 3 aliphatic heterocycles. The largest absolute Gasteiger partial charge is 0.489 e. The summed E-state index contributed by atoms with van der Waals surface area (Å²) in [6.45, 7) is 15.3. The van der Waals surface area contributed by atoms with Crippen molar-refractivity contribution in [3.8, 4) is 5.75 Å². The molecule has 3 aliphatic rings. The van der Waals surface area contributed by atoms with Gasteiger partial charge in [0.15, 0.2) is 18.0 Å². The van der Waals surface area contributed by atoms with Crippen LogP contribution in [0.5, 0.6) is 5.75 Å². The van der Waals surface area contributed by atoms with Gasteiger partial charge in [-0.1, -0.05) is 69.3 Å². The van der Waals surface area contributed by atoms with Gasteiger partial charge in [0.05, 0.1) is 43.0 Å². The number of rotatable bonds is 19.